The Labute approximate surface area is 221 Å². The molecule has 0 unspecified atom stereocenters. The summed E-state index contributed by atoms with van der Waals surface area (Å²) in [7, 11) is 0. The van der Waals surface area contributed by atoms with Crippen LogP contribution < -0.4 is 4.90 Å². The number of nitrogens with zero attached hydrogens (tertiary/aromatic N) is 4. The zero-order valence-electron chi connectivity index (χ0n) is 21.3. The van der Waals surface area contributed by atoms with Crippen molar-refractivity contribution in [2.24, 2.45) is 0 Å². The van der Waals surface area contributed by atoms with Crippen LogP contribution in [0.2, 0.25) is 0 Å². The van der Waals surface area contributed by atoms with E-state index < -0.39 is 0 Å². The highest BCUT2D eigenvalue weighted by molar-refractivity contribution is 7.18. The number of hydrogen-bond acceptors (Lipinski definition) is 5. The van der Waals surface area contributed by atoms with Crippen LogP contribution in [0.3, 0.4) is 0 Å². The number of thiophene rings is 1. The normalized spacial score (nSPS) is 14.0. The lowest BCUT2D eigenvalue weighted by Crippen LogP contribution is -2.49. The third kappa shape index (κ3) is 4.69. The molecule has 6 rings (SSSR count). The summed E-state index contributed by atoms with van der Waals surface area (Å²) < 4.78 is 0. The minimum Gasteiger partial charge on any atom is -0.352 e. The van der Waals surface area contributed by atoms with Gasteiger partial charge in [0.05, 0.1) is 5.39 Å². The maximum atomic E-state index is 13.3. The molecule has 1 aliphatic rings. The lowest BCUT2D eigenvalue weighted by atomic mass is 10.1. The zero-order valence-corrected chi connectivity index (χ0v) is 22.1. The summed E-state index contributed by atoms with van der Waals surface area (Å²) in [6.45, 7) is 7.21. The van der Waals surface area contributed by atoms with Crippen molar-refractivity contribution in [1.82, 2.24) is 14.9 Å². The molecule has 186 valence electrons. The molecule has 0 saturated carbocycles. The van der Waals surface area contributed by atoms with Crippen molar-refractivity contribution in [3.05, 3.63) is 100 Å². The molecule has 3 aromatic carbocycles. The van der Waals surface area contributed by atoms with Crippen molar-refractivity contribution >= 4 is 44.1 Å². The molecule has 1 fully saturated rings. The Balaban J connectivity index is 1.22. The van der Waals surface area contributed by atoms with Crippen LogP contribution in [0.15, 0.2) is 72.8 Å². The first-order chi connectivity index (χ1) is 18.1. The van der Waals surface area contributed by atoms with Crippen molar-refractivity contribution in [2.75, 3.05) is 31.1 Å². The SMILES string of the molecule is Cc1sc2nc(CCc3ccccc3)nc(N3CCN(C(=O)c4ccc5ccccc5c4)CC3)c2c1C. The molecule has 6 heteroatoms. The van der Waals surface area contributed by atoms with Crippen LogP contribution in [0, 0.1) is 13.8 Å². The zero-order chi connectivity index (χ0) is 25.4. The van der Waals surface area contributed by atoms with E-state index in [1.165, 1.54) is 21.4 Å². The van der Waals surface area contributed by atoms with E-state index in [4.69, 9.17) is 9.97 Å². The highest BCUT2D eigenvalue weighted by atomic mass is 32.1. The summed E-state index contributed by atoms with van der Waals surface area (Å²) in [6.07, 6.45) is 1.73. The summed E-state index contributed by atoms with van der Waals surface area (Å²) >= 11 is 1.75. The minimum atomic E-state index is 0.101. The van der Waals surface area contributed by atoms with Gasteiger partial charge < -0.3 is 9.80 Å². The third-order valence-electron chi connectivity index (χ3n) is 7.40. The van der Waals surface area contributed by atoms with Crippen LogP contribution in [0.1, 0.15) is 32.2 Å². The van der Waals surface area contributed by atoms with Gasteiger partial charge in [-0.2, -0.15) is 0 Å². The molecule has 0 bridgehead atoms. The fraction of sp³-hybridized carbons (Fsp3) is 0.258. The van der Waals surface area contributed by atoms with Gasteiger partial charge in [-0.25, -0.2) is 9.97 Å². The van der Waals surface area contributed by atoms with E-state index in [1.807, 2.05) is 41.3 Å². The fourth-order valence-corrected chi connectivity index (χ4v) is 6.18. The number of carbonyl (C=O) groups is 1. The molecule has 2 aromatic heterocycles. The largest absolute Gasteiger partial charge is 0.352 e. The number of benzene rings is 3. The van der Waals surface area contributed by atoms with Crippen LogP contribution >= 0.6 is 11.3 Å². The first kappa shape index (κ1) is 23.6. The van der Waals surface area contributed by atoms with Crippen LogP contribution in [-0.2, 0) is 12.8 Å². The number of fused-ring (bicyclic) bond motifs is 2. The lowest BCUT2D eigenvalue weighted by molar-refractivity contribution is 0.0746. The first-order valence-corrected chi connectivity index (χ1v) is 13.7. The van der Waals surface area contributed by atoms with Crippen molar-refractivity contribution in [3.8, 4) is 0 Å². The van der Waals surface area contributed by atoms with E-state index >= 15 is 0 Å². The van der Waals surface area contributed by atoms with Gasteiger partial charge in [-0.15, -0.1) is 11.3 Å². The van der Waals surface area contributed by atoms with E-state index in [9.17, 15) is 4.79 Å². The molecule has 5 nitrogen and oxygen atoms in total. The molecule has 0 spiro atoms. The Morgan fingerprint density at radius 2 is 1.57 bits per heavy atom. The molecule has 3 heterocycles. The molecule has 1 amide bonds. The molecular formula is C31H30N4OS. The van der Waals surface area contributed by atoms with Crippen LogP contribution in [0.4, 0.5) is 5.82 Å². The second-order valence-corrected chi connectivity index (χ2v) is 11.0. The highest BCUT2D eigenvalue weighted by Gasteiger charge is 2.26. The van der Waals surface area contributed by atoms with Gasteiger partial charge in [-0.05, 0) is 54.3 Å². The van der Waals surface area contributed by atoms with E-state index in [2.05, 4.69) is 55.1 Å². The average Bonchev–Trinajstić information content (AvgIpc) is 3.24. The maximum absolute atomic E-state index is 13.3. The second-order valence-electron chi connectivity index (χ2n) is 9.75. The predicted molar refractivity (Wildman–Crippen MR) is 153 cm³/mol. The number of aryl methyl sites for hydroxylation is 4. The summed E-state index contributed by atoms with van der Waals surface area (Å²) in [6, 6.07) is 24.7. The van der Waals surface area contributed by atoms with Gasteiger partial charge in [0.25, 0.3) is 5.91 Å². The fourth-order valence-electron chi connectivity index (χ4n) is 5.14. The number of carbonyl (C=O) groups excluding carboxylic acids is 1. The number of anilines is 1. The van der Waals surface area contributed by atoms with Crippen molar-refractivity contribution in [3.63, 3.8) is 0 Å². The number of piperazine rings is 1. The molecule has 0 radical (unpaired) electrons. The second kappa shape index (κ2) is 9.94. The molecular weight excluding hydrogens is 476 g/mol. The predicted octanol–water partition coefficient (Wildman–Crippen LogP) is 6.21. The monoisotopic (exact) mass is 506 g/mol. The molecule has 0 N–H and O–H groups in total. The lowest BCUT2D eigenvalue weighted by Gasteiger charge is -2.36. The minimum absolute atomic E-state index is 0.101. The van der Waals surface area contributed by atoms with Crippen LogP contribution in [-0.4, -0.2) is 47.0 Å². The molecule has 37 heavy (non-hydrogen) atoms. The molecule has 1 aliphatic heterocycles. The summed E-state index contributed by atoms with van der Waals surface area (Å²) in [5, 5.41) is 3.42. The molecule has 0 atom stereocenters. The van der Waals surface area contributed by atoms with E-state index in [0.29, 0.717) is 13.1 Å². The van der Waals surface area contributed by atoms with Crippen molar-refractivity contribution < 1.29 is 4.79 Å². The average molecular weight is 507 g/mol. The first-order valence-electron chi connectivity index (χ1n) is 12.9. The number of rotatable bonds is 5. The Hall–Kier alpha value is -3.77. The highest BCUT2D eigenvalue weighted by Crippen LogP contribution is 2.35. The van der Waals surface area contributed by atoms with E-state index in [0.717, 1.165) is 58.7 Å². The Kier molecular flexibility index (Phi) is 6.35. The van der Waals surface area contributed by atoms with Gasteiger partial charge >= 0.3 is 0 Å². The number of hydrogen-bond donors (Lipinski definition) is 0. The molecule has 0 aliphatic carbocycles. The van der Waals surface area contributed by atoms with E-state index in [1.54, 1.807) is 11.3 Å². The Morgan fingerprint density at radius 3 is 2.35 bits per heavy atom. The van der Waals surface area contributed by atoms with Gasteiger partial charge in [0.1, 0.15) is 16.5 Å². The van der Waals surface area contributed by atoms with Gasteiger partial charge in [0.2, 0.25) is 0 Å². The van der Waals surface area contributed by atoms with Gasteiger partial charge in [-0.3, -0.25) is 4.79 Å². The topological polar surface area (TPSA) is 49.3 Å². The molecule has 5 aromatic rings. The number of amides is 1. The summed E-state index contributed by atoms with van der Waals surface area (Å²) in [5.41, 5.74) is 3.32. The Morgan fingerprint density at radius 1 is 0.838 bits per heavy atom. The van der Waals surface area contributed by atoms with Crippen molar-refractivity contribution in [2.45, 2.75) is 26.7 Å². The van der Waals surface area contributed by atoms with Crippen LogP contribution in [0.25, 0.3) is 21.0 Å². The van der Waals surface area contributed by atoms with E-state index in [-0.39, 0.29) is 5.91 Å². The number of aromatic nitrogens is 2. The van der Waals surface area contributed by atoms with Crippen molar-refractivity contribution in [1.29, 1.82) is 0 Å². The van der Waals surface area contributed by atoms with Gasteiger partial charge in [-0.1, -0.05) is 60.7 Å². The summed E-state index contributed by atoms with van der Waals surface area (Å²) in [4.78, 5) is 30.0. The third-order valence-corrected chi connectivity index (χ3v) is 8.50. The summed E-state index contributed by atoms with van der Waals surface area (Å²) in [5.74, 6) is 2.01. The van der Waals surface area contributed by atoms with Gasteiger partial charge in [0.15, 0.2) is 0 Å². The molecule has 1 saturated heterocycles. The maximum Gasteiger partial charge on any atom is 0.253 e. The van der Waals surface area contributed by atoms with Crippen LogP contribution in [0.5, 0.6) is 0 Å². The van der Waals surface area contributed by atoms with Gasteiger partial charge in [0, 0.05) is 43.0 Å². The standard InChI is InChI=1S/C31H30N4OS/c1-21-22(2)37-30-28(21)29(32-27(33-30)15-12-23-8-4-3-5-9-23)34-16-18-35(19-17-34)31(36)26-14-13-24-10-6-7-11-25(24)20-26/h3-11,13-14,20H,12,15-19H2,1-2H3. The smallest absolute Gasteiger partial charge is 0.253 e. The Bertz CT molecular complexity index is 1590. The quantitative estimate of drug-likeness (QED) is 0.284.